The summed E-state index contributed by atoms with van der Waals surface area (Å²) in [5.41, 5.74) is 2.46. The lowest BCUT2D eigenvalue weighted by Crippen LogP contribution is -1.94. The normalized spacial score (nSPS) is 10.3. The van der Waals surface area contributed by atoms with E-state index in [1.165, 1.54) is 6.20 Å². The third-order valence-electron chi connectivity index (χ3n) is 2.00. The maximum absolute atomic E-state index is 11.1. The van der Waals surface area contributed by atoms with Crippen molar-refractivity contribution in [2.45, 2.75) is 6.92 Å². The van der Waals surface area contributed by atoms with Gasteiger partial charge in [-0.25, -0.2) is 0 Å². The largest absolute Gasteiger partial charge is 0.274 e. The van der Waals surface area contributed by atoms with Crippen LogP contribution in [-0.2, 0) is 0 Å². The Morgan fingerprint density at radius 2 is 2.27 bits per heavy atom. The first-order chi connectivity index (χ1) is 7.18. The van der Waals surface area contributed by atoms with Crippen LogP contribution >= 0.6 is 11.6 Å². The maximum Gasteiger partial charge on any atom is 0.270 e. The molecule has 2 aromatic heterocycles. The second-order valence-electron chi connectivity index (χ2n) is 3.10. The number of rotatable bonds is 2. The Bertz CT molecular complexity index is 507. The molecule has 0 saturated heterocycles. The van der Waals surface area contributed by atoms with E-state index < -0.39 is 5.24 Å². The Morgan fingerprint density at radius 1 is 1.47 bits per heavy atom. The number of hydrogen-bond acceptors (Lipinski definition) is 3. The van der Waals surface area contributed by atoms with Crippen LogP contribution in [0.25, 0.3) is 11.3 Å². The van der Waals surface area contributed by atoms with Gasteiger partial charge in [0.1, 0.15) is 5.69 Å². The van der Waals surface area contributed by atoms with Gasteiger partial charge in [0, 0.05) is 5.69 Å². The third kappa shape index (κ3) is 1.89. The van der Waals surface area contributed by atoms with Gasteiger partial charge in [0.25, 0.3) is 5.24 Å². The summed E-state index contributed by atoms with van der Waals surface area (Å²) >= 11 is 5.40. The van der Waals surface area contributed by atoms with Gasteiger partial charge >= 0.3 is 0 Å². The number of aromatic nitrogens is 3. The number of pyridine rings is 1. The van der Waals surface area contributed by atoms with E-state index in [2.05, 4.69) is 15.2 Å². The van der Waals surface area contributed by atoms with Crippen molar-refractivity contribution >= 4 is 16.8 Å². The number of halogens is 1. The summed E-state index contributed by atoms with van der Waals surface area (Å²) < 4.78 is 0. The lowest BCUT2D eigenvalue weighted by Gasteiger charge is -1.99. The van der Waals surface area contributed by atoms with Crippen LogP contribution < -0.4 is 0 Å². The van der Waals surface area contributed by atoms with E-state index in [0.29, 0.717) is 11.3 Å². The van der Waals surface area contributed by atoms with Gasteiger partial charge in [-0.3, -0.25) is 14.9 Å². The molecule has 1 N–H and O–H groups in total. The molecule has 0 aliphatic rings. The summed E-state index contributed by atoms with van der Waals surface area (Å²) in [5.74, 6) is 0. The molecule has 2 rings (SSSR count). The maximum atomic E-state index is 11.1. The van der Waals surface area contributed by atoms with Gasteiger partial charge in [-0.15, -0.1) is 0 Å². The summed E-state index contributed by atoms with van der Waals surface area (Å²) in [6.45, 7) is 1.88. The van der Waals surface area contributed by atoms with Crippen LogP contribution in [0.2, 0.25) is 0 Å². The molecule has 0 saturated carbocycles. The molecule has 0 bridgehead atoms. The van der Waals surface area contributed by atoms with Crippen molar-refractivity contribution in [2.24, 2.45) is 0 Å². The molecule has 0 unspecified atom stereocenters. The van der Waals surface area contributed by atoms with Crippen LogP contribution in [-0.4, -0.2) is 20.4 Å². The number of carbonyl (C=O) groups is 1. The Hall–Kier alpha value is -1.68. The number of hydrogen-bond donors (Lipinski definition) is 1. The minimum atomic E-state index is -0.564. The van der Waals surface area contributed by atoms with E-state index >= 15 is 0 Å². The van der Waals surface area contributed by atoms with E-state index in [4.69, 9.17) is 11.6 Å². The first-order valence-electron chi connectivity index (χ1n) is 4.35. The molecule has 5 heteroatoms. The zero-order valence-electron chi connectivity index (χ0n) is 7.99. The number of aryl methyl sites for hydroxylation is 1. The molecule has 4 nitrogen and oxygen atoms in total. The van der Waals surface area contributed by atoms with Crippen molar-refractivity contribution in [1.29, 1.82) is 0 Å². The van der Waals surface area contributed by atoms with E-state index in [1.54, 1.807) is 6.07 Å². The van der Waals surface area contributed by atoms with Crippen molar-refractivity contribution < 1.29 is 4.79 Å². The summed E-state index contributed by atoms with van der Waals surface area (Å²) in [4.78, 5) is 15.3. The molecule has 0 amide bonds. The molecular weight excluding hydrogens is 214 g/mol. The van der Waals surface area contributed by atoms with Crippen molar-refractivity contribution in [3.8, 4) is 11.3 Å². The number of nitrogens with one attached hydrogen (secondary N) is 1. The first kappa shape index (κ1) is 9.86. The molecule has 15 heavy (non-hydrogen) atoms. The summed E-state index contributed by atoms with van der Waals surface area (Å²) in [6, 6.07) is 5.56. The predicted molar refractivity (Wildman–Crippen MR) is 56.7 cm³/mol. The standard InChI is InChI=1S/C10H8ClN3O/c1-6-3-2-4-8(13-6)7-5-12-14-9(7)10(11)15/h2-5H,1H3,(H,12,14). The van der Waals surface area contributed by atoms with E-state index in [1.807, 2.05) is 19.1 Å². The topological polar surface area (TPSA) is 58.6 Å². The van der Waals surface area contributed by atoms with Crippen LogP contribution in [0.15, 0.2) is 24.4 Å². The molecule has 0 aromatic carbocycles. The lowest BCUT2D eigenvalue weighted by atomic mass is 10.1. The van der Waals surface area contributed by atoms with Gasteiger partial charge in [0.15, 0.2) is 0 Å². The van der Waals surface area contributed by atoms with Gasteiger partial charge in [0.2, 0.25) is 0 Å². The Morgan fingerprint density at radius 3 is 2.93 bits per heavy atom. The van der Waals surface area contributed by atoms with Gasteiger partial charge in [0.05, 0.1) is 17.5 Å². The van der Waals surface area contributed by atoms with Gasteiger partial charge in [-0.05, 0) is 30.7 Å². The zero-order valence-corrected chi connectivity index (χ0v) is 8.75. The number of carbonyl (C=O) groups excluding carboxylic acids is 1. The Balaban J connectivity index is 2.54. The van der Waals surface area contributed by atoms with Crippen molar-refractivity contribution in [3.63, 3.8) is 0 Å². The Labute approximate surface area is 91.3 Å². The average molecular weight is 222 g/mol. The lowest BCUT2D eigenvalue weighted by molar-refractivity contribution is 0.107. The fourth-order valence-corrected chi connectivity index (χ4v) is 1.47. The molecule has 0 atom stereocenters. The van der Waals surface area contributed by atoms with Crippen LogP contribution in [0.3, 0.4) is 0 Å². The van der Waals surface area contributed by atoms with E-state index in [0.717, 1.165) is 5.69 Å². The number of nitrogens with zero attached hydrogens (tertiary/aromatic N) is 2. The van der Waals surface area contributed by atoms with Crippen molar-refractivity contribution in [1.82, 2.24) is 15.2 Å². The fourth-order valence-electron chi connectivity index (χ4n) is 1.32. The highest BCUT2D eigenvalue weighted by atomic mass is 35.5. The minimum absolute atomic E-state index is 0.273. The quantitative estimate of drug-likeness (QED) is 0.791. The van der Waals surface area contributed by atoms with Crippen molar-refractivity contribution in [3.05, 3.63) is 35.8 Å². The number of H-pyrrole nitrogens is 1. The molecular formula is C10H8ClN3O. The van der Waals surface area contributed by atoms with Gasteiger partial charge in [-0.1, -0.05) is 6.07 Å². The molecule has 0 spiro atoms. The molecule has 2 aromatic rings. The summed E-state index contributed by atoms with van der Waals surface area (Å²) in [5, 5.41) is 5.77. The van der Waals surface area contributed by atoms with E-state index in [-0.39, 0.29) is 5.69 Å². The third-order valence-corrected chi connectivity index (χ3v) is 2.19. The first-order valence-corrected chi connectivity index (χ1v) is 4.73. The molecule has 0 radical (unpaired) electrons. The second kappa shape index (κ2) is 3.82. The molecule has 0 aliphatic carbocycles. The van der Waals surface area contributed by atoms with Crippen LogP contribution in [0.4, 0.5) is 0 Å². The monoisotopic (exact) mass is 221 g/mol. The average Bonchev–Trinajstić information content (AvgIpc) is 2.65. The van der Waals surface area contributed by atoms with Gasteiger partial charge < -0.3 is 0 Å². The zero-order chi connectivity index (χ0) is 10.8. The van der Waals surface area contributed by atoms with Crippen LogP contribution in [0, 0.1) is 6.92 Å². The minimum Gasteiger partial charge on any atom is -0.274 e. The Kier molecular flexibility index (Phi) is 2.51. The highest BCUT2D eigenvalue weighted by Gasteiger charge is 2.13. The molecule has 0 aliphatic heterocycles. The fraction of sp³-hybridized carbons (Fsp3) is 0.100. The van der Waals surface area contributed by atoms with Gasteiger partial charge in [-0.2, -0.15) is 5.10 Å². The van der Waals surface area contributed by atoms with Crippen LogP contribution in [0.1, 0.15) is 16.2 Å². The summed E-state index contributed by atoms with van der Waals surface area (Å²) in [7, 11) is 0. The SMILES string of the molecule is Cc1cccc(-c2cn[nH]c2C(=O)Cl)n1. The second-order valence-corrected chi connectivity index (χ2v) is 3.44. The summed E-state index contributed by atoms with van der Waals surface area (Å²) in [6.07, 6.45) is 1.54. The van der Waals surface area contributed by atoms with Crippen LogP contribution in [0.5, 0.6) is 0 Å². The van der Waals surface area contributed by atoms with E-state index in [9.17, 15) is 4.79 Å². The molecule has 0 fully saturated rings. The molecule has 76 valence electrons. The molecule has 2 heterocycles. The number of aromatic amines is 1. The van der Waals surface area contributed by atoms with Crippen molar-refractivity contribution in [2.75, 3.05) is 0 Å². The highest BCUT2D eigenvalue weighted by Crippen LogP contribution is 2.21. The smallest absolute Gasteiger partial charge is 0.270 e. The predicted octanol–water partition coefficient (Wildman–Crippen LogP) is 2.16. The highest BCUT2D eigenvalue weighted by molar-refractivity contribution is 6.68.